The predicted octanol–water partition coefficient (Wildman–Crippen LogP) is 2.42. The predicted molar refractivity (Wildman–Crippen MR) is 85.9 cm³/mol. The maximum absolute atomic E-state index is 11.9. The Morgan fingerprint density at radius 3 is 2.43 bits per heavy atom. The van der Waals surface area contributed by atoms with Crippen molar-refractivity contribution in [2.45, 2.75) is 32.5 Å². The lowest BCUT2D eigenvalue weighted by Crippen LogP contribution is -2.42. The summed E-state index contributed by atoms with van der Waals surface area (Å²) < 4.78 is 10.1. The molecule has 1 aromatic carbocycles. The quantitative estimate of drug-likeness (QED) is 0.525. The summed E-state index contributed by atoms with van der Waals surface area (Å²) >= 11 is 0. The van der Waals surface area contributed by atoms with Crippen LogP contribution in [0.25, 0.3) is 0 Å². The number of nitrogens with one attached hydrogen (secondary N) is 1. The number of carbonyl (C=O) groups is 2. The summed E-state index contributed by atoms with van der Waals surface area (Å²) in [5.41, 5.74) is 1.78. The molecular weight excluding hydrogens is 296 g/mol. The van der Waals surface area contributed by atoms with Gasteiger partial charge in [-0.2, -0.15) is 0 Å². The van der Waals surface area contributed by atoms with Crippen LogP contribution in [-0.2, 0) is 19.1 Å². The first-order valence-corrected chi connectivity index (χ1v) is 7.73. The number of ether oxygens (including phenoxy) is 2. The molecule has 2 fully saturated rings. The molecule has 0 amide bonds. The normalized spacial score (nSPS) is 20.1. The van der Waals surface area contributed by atoms with E-state index in [1.165, 1.54) is 32.9 Å². The number of hydrogen-bond acceptors (Lipinski definition) is 6. The summed E-state index contributed by atoms with van der Waals surface area (Å²) in [6, 6.07) is 7.86. The third kappa shape index (κ3) is 3.47. The fraction of sp³-hybridized carbons (Fsp3) is 0.412. The van der Waals surface area contributed by atoms with Gasteiger partial charge in [0.05, 0.1) is 0 Å². The summed E-state index contributed by atoms with van der Waals surface area (Å²) in [7, 11) is 0. The standard InChI is InChI=1S/C17H20N2O4/c1-17(2)22-15(20)14(16(21)23-17)11-18-12-6-5-7-13(10-12)19-8-3-4-9-19/h5-7,10-11,18H,3-4,8-9H2,1-2H3. The Labute approximate surface area is 135 Å². The molecule has 1 N–H and O–H groups in total. The minimum absolute atomic E-state index is 0.143. The fourth-order valence-electron chi connectivity index (χ4n) is 2.70. The van der Waals surface area contributed by atoms with Gasteiger partial charge in [0.2, 0.25) is 0 Å². The first-order chi connectivity index (χ1) is 10.9. The smallest absolute Gasteiger partial charge is 0.350 e. The second-order valence-electron chi connectivity index (χ2n) is 6.13. The molecule has 0 spiro atoms. The van der Waals surface area contributed by atoms with Gasteiger partial charge in [-0.25, -0.2) is 9.59 Å². The molecule has 0 aliphatic carbocycles. The topological polar surface area (TPSA) is 67.9 Å². The number of esters is 2. The van der Waals surface area contributed by atoms with E-state index < -0.39 is 17.7 Å². The highest BCUT2D eigenvalue weighted by Gasteiger charge is 2.38. The van der Waals surface area contributed by atoms with Gasteiger partial charge < -0.3 is 19.7 Å². The van der Waals surface area contributed by atoms with Crippen LogP contribution < -0.4 is 10.2 Å². The van der Waals surface area contributed by atoms with Crippen molar-refractivity contribution in [2.24, 2.45) is 0 Å². The second kappa shape index (κ2) is 5.95. The zero-order valence-corrected chi connectivity index (χ0v) is 13.3. The van der Waals surface area contributed by atoms with Gasteiger partial charge in [0.25, 0.3) is 5.79 Å². The third-order valence-corrected chi connectivity index (χ3v) is 3.82. The van der Waals surface area contributed by atoms with Crippen molar-refractivity contribution in [2.75, 3.05) is 23.3 Å². The number of hydrogen-bond donors (Lipinski definition) is 1. The van der Waals surface area contributed by atoms with Crippen LogP contribution in [0.5, 0.6) is 0 Å². The van der Waals surface area contributed by atoms with Crippen molar-refractivity contribution >= 4 is 23.3 Å². The molecule has 6 heteroatoms. The molecule has 0 unspecified atom stereocenters. The number of cyclic esters (lactones) is 2. The molecule has 1 aromatic rings. The Balaban J connectivity index is 1.73. The van der Waals surface area contributed by atoms with Crippen molar-refractivity contribution in [1.82, 2.24) is 0 Å². The maximum Gasteiger partial charge on any atom is 0.350 e. The maximum atomic E-state index is 11.9. The number of rotatable bonds is 3. The second-order valence-corrected chi connectivity index (χ2v) is 6.13. The first-order valence-electron chi connectivity index (χ1n) is 7.73. The summed E-state index contributed by atoms with van der Waals surface area (Å²) in [6.45, 7) is 5.15. The molecule has 2 aliphatic rings. The molecule has 0 saturated carbocycles. The minimum Gasteiger partial charge on any atom is -0.419 e. The van der Waals surface area contributed by atoms with Crippen LogP contribution in [0, 0.1) is 0 Å². The van der Waals surface area contributed by atoms with Gasteiger partial charge in [-0.1, -0.05) is 6.07 Å². The fourth-order valence-corrected chi connectivity index (χ4v) is 2.70. The number of carbonyl (C=O) groups excluding carboxylic acids is 2. The molecule has 3 rings (SSSR count). The lowest BCUT2D eigenvalue weighted by molar-refractivity contribution is -0.222. The van der Waals surface area contributed by atoms with Gasteiger partial charge in [0.1, 0.15) is 0 Å². The van der Waals surface area contributed by atoms with Gasteiger partial charge in [0, 0.05) is 44.5 Å². The lowest BCUT2D eigenvalue weighted by atomic mass is 10.2. The van der Waals surface area contributed by atoms with E-state index in [9.17, 15) is 9.59 Å². The van der Waals surface area contributed by atoms with Crippen LogP contribution >= 0.6 is 0 Å². The Hall–Kier alpha value is -2.50. The van der Waals surface area contributed by atoms with Crippen molar-refractivity contribution in [3.63, 3.8) is 0 Å². The van der Waals surface area contributed by atoms with Crippen LogP contribution in [-0.4, -0.2) is 30.8 Å². The van der Waals surface area contributed by atoms with E-state index in [1.54, 1.807) is 0 Å². The van der Waals surface area contributed by atoms with Gasteiger partial charge in [-0.15, -0.1) is 0 Å². The zero-order chi connectivity index (χ0) is 16.4. The van der Waals surface area contributed by atoms with E-state index in [0.717, 1.165) is 24.5 Å². The van der Waals surface area contributed by atoms with E-state index >= 15 is 0 Å². The number of benzene rings is 1. The van der Waals surface area contributed by atoms with Gasteiger partial charge in [-0.05, 0) is 31.0 Å². The summed E-state index contributed by atoms with van der Waals surface area (Å²) in [4.78, 5) is 26.1. The van der Waals surface area contributed by atoms with Crippen molar-refractivity contribution in [3.8, 4) is 0 Å². The number of nitrogens with zero attached hydrogens (tertiary/aromatic N) is 1. The Kier molecular flexibility index (Phi) is 3.98. The van der Waals surface area contributed by atoms with Gasteiger partial charge in [0.15, 0.2) is 5.57 Å². The highest BCUT2D eigenvalue weighted by molar-refractivity contribution is 6.15. The summed E-state index contributed by atoms with van der Waals surface area (Å²) in [5, 5.41) is 2.98. The highest BCUT2D eigenvalue weighted by atomic mass is 16.7. The molecule has 0 radical (unpaired) electrons. The molecule has 122 valence electrons. The van der Waals surface area contributed by atoms with E-state index in [0.29, 0.717) is 0 Å². The van der Waals surface area contributed by atoms with Crippen LogP contribution in [0.1, 0.15) is 26.7 Å². The van der Waals surface area contributed by atoms with Crippen LogP contribution in [0.2, 0.25) is 0 Å². The number of anilines is 2. The summed E-state index contributed by atoms with van der Waals surface area (Å²) in [6.07, 6.45) is 3.74. The molecule has 0 aromatic heterocycles. The van der Waals surface area contributed by atoms with Gasteiger partial charge in [-0.3, -0.25) is 0 Å². The molecule has 0 atom stereocenters. The molecule has 2 saturated heterocycles. The van der Waals surface area contributed by atoms with E-state index in [4.69, 9.17) is 9.47 Å². The van der Waals surface area contributed by atoms with E-state index in [1.807, 2.05) is 18.2 Å². The van der Waals surface area contributed by atoms with Crippen molar-refractivity contribution in [3.05, 3.63) is 36.0 Å². The Morgan fingerprint density at radius 1 is 1.13 bits per heavy atom. The van der Waals surface area contributed by atoms with Crippen LogP contribution in [0.15, 0.2) is 36.0 Å². The lowest BCUT2D eigenvalue weighted by Gasteiger charge is -2.29. The first kappa shape index (κ1) is 15.4. The van der Waals surface area contributed by atoms with E-state index in [2.05, 4.69) is 16.3 Å². The SMILES string of the molecule is CC1(C)OC(=O)C(=CNc2cccc(N3CCCC3)c2)C(=O)O1. The molecule has 2 heterocycles. The van der Waals surface area contributed by atoms with Crippen molar-refractivity contribution in [1.29, 1.82) is 0 Å². The highest BCUT2D eigenvalue weighted by Crippen LogP contribution is 2.25. The largest absolute Gasteiger partial charge is 0.419 e. The van der Waals surface area contributed by atoms with Crippen LogP contribution in [0.3, 0.4) is 0 Å². The van der Waals surface area contributed by atoms with E-state index in [-0.39, 0.29) is 5.57 Å². The molecule has 2 aliphatic heterocycles. The molecule has 6 nitrogen and oxygen atoms in total. The molecule has 0 bridgehead atoms. The monoisotopic (exact) mass is 316 g/mol. The van der Waals surface area contributed by atoms with Crippen molar-refractivity contribution < 1.29 is 19.1 Å². The minimum atomic E-state index is -1.22. The third-order valence-electron chi connectivity index (χ3n) is 3.82. The van der Waals surface area contributed by atoms with Gasteiger partial charge >= 0.3 is 11.9 Å². The Morgan fingerprint density at radius 2 is 1.78 bits per heavy atom. The average molecular weight is 316 g/mol. The van der Waals surface area contributed by atoms with Crippen LogP contribution in [0.4, 0.5) is 11.4 Å². The zero-order valence-electron chi connectivity index (χ0n) is 13.3. The molecule has 23 heavy (non-hydrogen) atoms. The Bertz CT molecular complexity index is 638. The molecular formula is C17H20N2O4. The summed E-state index contributed by atoms with van der Waals surface area (Å²) in [5.74, 6) is -2.59. The average Bonchev–Trinajstić information content (AvgIpc) is 2.99.